The van der Waals surface area contributed by atoms with Crippen LogP contribution in [0.25, 0.3) is 27.8 Å². The molecule has 0 aliphatic carbocycles. The van der Waals surface area contributed by atoms with Gasteiger partial charge in [0.2, 0.25) is 5.95 Å². The van der Waals surface area contributed by atoms with Gasteiger partial charge in [0.15, 0.2) is 11.3 Å². The van der Waals surface area contributed by atoms with Crippen LogP contribution < -0.4 is 9.80 Å². The number of rotatable bonds is 7. The molecular formula is C30H35N7O4. The van der Waals surface area contributed by atoms with Crippen LogP contribution in [0, 0.1) is 0 Å². The number of carboxylic acids is 1. The smallest absolute Gasteiger partial charge is 0.354 e. The predicted octanol–water partition coefficient (Wildman–Crippen LogP) is 4.15. The Morgan fingerprint density at radius 3 is 2.39 bits per heavy atom. The van der Waals surface area contributed by atoms with E-state index in [1.165, 1.54) is 0 Å². The van der Waals surface area contributed by atoms with Crippen LogP contribution in [0.5, 0.6) is 0 Å². The maximum absolute atomic E-state index is 12.2. The third kappa shape index (κ3) is 5.34. The maximum Gasteiger partial charge on any atom is 0.354 e. The summed E-state index contributed by atoms with van der Waals surface area (Å²) in [5, 5.41) is 15.8. The fraction of sp³-hybridized carbons (Fsp3) is 0.433. The van der Waals surface area contributed by atoms with Gasteiger partial charge in [-0.1, -0.05) is 19.9 Å². The number of pyridine rings is 1. The highest BCUT2D eigenvalue weighted by atomic mass is 16.5. The van der Waals surface area contributed by atoms with E-state index < -0.39 is 5.97 Å². The minimum atomic E-state index is -1.11. The van der Waals surface area contributed by atoms with E-state index in [0.29, 0.717) is 42.0 Å². The molecule has 2 aliphatic heterocycles. The number of anilines is 2. The van der Waals surface area contributed by atoms with Crippen molar-refractivity contribution in [1.82, 2.24) is 24.7 Å². The Kier molecular flexibility index (Phi) is 7.55. The van der Waals surface area contributed by atoms with E-state index in [1.54, 1.807) is 23.1 Å². The van der Waals surface area contributed by atoms with Crippen molar-refractivity contribution in [2.45, 2.75) is 38.6 Å². The van der Waals surface area contributed by atoms with Gasteiger partial charge in [0, 0.05) is 68.6 Å². The van der Waals surface area contributed by atoms with Crippen molar-refractivity contribution in [3.05, 3.63) is 54.1 Å². The number of fused-ring (bicyclic) bond motifs is 1. The molecule has 11 heteroatoms. The summed E-state index contributed by atoms with van der Waals surface area (Å²) in [5.74, 6) is -0.410. The Hall–Kier alpha value is -4.09. The highest BCUT2D eigenvalue weighted by Crippen LogP contribution is 2.36. The molecule has 41 heavy (non-hydrogen) atoms. The van der Waals surface area contributed by atoms with Crippen LogP contribution in [0.1, 0.15) is 48.8 Å². The zero-order valence-corrected chi connectivity index (χ0v) is 23.7. The Morgan fingerprint density at radius 1 is 1.02 bits per heavy atom. The molecule has 0 amide bonds. The van der Waals surface area contributed by atoms with Crippen LogP contribution >= 0.6 is 0 Å². The quantitative estimate of drug-likeness (QED) is 0.355. The summed E-state index contributed by atoms with van der Waals surface area (Å²) < 4.78 is 12.8. The van der Waals surface area contributed by atoms with Crippen LogP contribution in [0.2, 0.25) is 0 Å². The number of hydrogen-bond donors (Lipinski definition) is 1. The number of aromatic nitrogens is 5. The fourth-order valence-electron chi connectivity index (χ4n) is 5.59. The largest absolute Gasteiger partial charge is 0.477 e. The molecule has 6 rings (SSSR count). The zero-order valence-electron chi connectivity index (χ0n) is 23.7. The number of carboxylic acid groups (broad SMARTS) is 1. The highest BCUT2D eigenvalue weighted by molar-refractivity contribution is 6.00. The van der Waals surface area contributed by atoms with Crippen molar-refractivity contribution in [3.63, 3.8) is 0 Å². The maximum atomic E-state index is 12.2. The Morgan fingerprint density at radius 2 is 1.71 bits per heavy atom. The van der Waals surface area contributed by atoms with Gasteiger partial charge in [-0.25, -0.2) is 24.4 Å². The average Bonchev–Trinajstić information content (AvgIpc) is 3.41. The molecule has 1 aromatic carbocycles. The second-order valence-corrected chi connectivity index (χ2v) is 10.9. The Bertz CT molecular complexity index is 1540. The molecule has 214 valence electrons. The molecule has 5 heterocycles. The number of ether oxygens (including phenoxy) is 2. The second-order valence-electron chi connectivity index (χ2n) is 10.9. The molecule has 2 aliphatic rings. The summed E-state index contributed by atoms with van der Waals surface area (Å²) in [6.45, 7) is 8.61. The number of carbonyl (C=O) groups is 1. The Labute approximate surface area is 238 Å². The van der Waals surface area contributed by atoms with Crippen molar-refractivity contribution in [1.29, 1.82) is 0 Å². The summed E-state index contributed by atoms with van der Waals surface area (Å²) in [7, 11) is 2.00. The standard InChI is InChI=1S/C30H35N7O4/c1-19(2)27-26-24(20-17-31-30(32-18-20)35(3)21-7-11-40-12-8-21)16-25(29(38)39)33-28(26)37(34-27)23-6-4-5-22(15-23)36-9-13-41-14-10-36/h4-6,15-19,21H,7-14H2,1-3H3,(H,38,39). The van der Waals surface area contributed by atoms with Crippen LogP contribution in [0.3, 0.4) is 0 Å². The first-order valence-electron chi connectivity index (χ1n) is 14.1. The van der Waals surface area contributed by atoms with Gasteiger partial charge >= 0.3 is 5.97 Å². The van der Waals surface area contributed by atoms with E-state index in [4.69, 9.17) is 14.6 Å². The number of hydrogen-bond acceptors (Lipinski definition) is 9. The molecule has 4 aromatic rings. The highest BCUT2D eigenvalue weighted by Gasteiger charge is 2.25. The van der Waals surface area contributed by atoms with Crippen molar-refractivity contribution in [2.75, 3.05) is 56.4 Å². The molecule has 2 fully saturated rings. The predicted molar refractivity (Wildman–Crippen MR) is 156 cm³/mol. The summed E-state index contributed by atoms with van der Waals surface area (Å²) >= 11 is 0. The first kappa shape index (κ1) is 27.1. The molecule has 0 radical (unpaired) electrons. The van der Waals surface area contributed by atoms with Gasteiger partial charge in [-0.2, -0.15) is 5.10 Å². The van der Waals surface area contributed by atoms with E-state index in [2.05, 4.69) is 50.7 Å². The molecule has 11 nitrogen and oxygen atoms in total. The van der Waals surface area contributed by atoms with Gasteiger partial charge in [0.25, 0.3) is 0 Å². The van der Waals surface area contributed by atoms with Gasteiger partial charge in [0.1, 0.15) is 0 Å². The lowest BCUT2D eigenvalue weighted by molar-refractivity contribution is 0.0691. The van der Waals surface area contributed by atoms with Gasteiger partial charge in [-0.05, 0) is 43.0 Å². The summed E-state index contributed by atoms with van der Waals surface area (Å²) in [5.41, 5.74) is 4.56. The number of morpholine rings is 1. The lowest BCUT2D eigenvalue weighted by Crippen LogP contribution is -2.37. The molecule has 1 N–H and O–H groups in total. The van der Waals surface area contributed by atoms with Crippen LogP contribution in [0.15, 0.2) is 42.7 Å². The van der Waals surface area contributed by atoms with E-state index in [0.717, 1.165) is 61.6 Å². The van der Waals surface area contributed by atoms with Crippen molar-refractivity contribution >= 4 is 28.6 Å². The molecule has 0 atom stereocenters. The van der Waals surface area contributed by atoms with Gasteiger partial charge in [-0.3, -0.25) is 0 Å². The molecule has 0 unspecified atom stereocenters. The zero-order chi connectivity index (χ0) is 28.5. The van der Waals surface area contributed by atoms with Crippen molar-refractivity contribution in [2.24, 2.45) is 0 Å². The van der Waals surface area contributed by atoms with Crippen LogP contribution in [-0.2, 0) is 9.47 Å². The second kappa shape index (κ2) is 11.4. The molecule has 0 spiro atoms. The third-order valence-electron chi connectivity index (χ3n) is 7.88. The van der Waals surface area contributed by atoms with E-state index in [9.17, 15) is 9.90 Å². The molecule has 0 saturated carbocycles. The first-order chi connectivity index (χ1) is 19.9. The first-order valence-corrected chi connectivity index (χ1v) is 14.1. The molecule has 2 saturated heterocycles. The fourth-order valence-corrected chi connectivity index (χ4v) is 5.59. The summed E-state index contributed by atoms with van der Waals surface area (Å²) in [6.07, 6.45) is 5.38. The lowest BCUT2D eigenvalue weighted by Gasteiger charge is -2.31. The lowest BCUT2D eigenvalue weighted by atomic mass is 9.99. The van der Waals surface area contributed by atoms with Crippen LogP contribution in [0.4, 0.5) is 11.6 Å². The average molecular weight is 558 g/mol. The number of aromatic carboxylic acids is 1. The Balaban J connectivity index is 1.46. The van der Waals surface area contributed by atoms with E-state index >= 15 is 0 Å². The molecular weight excluding hydrogens is 522 g/mol. The minimum Gasteiger partial charge on any atom is -0.477 e. The molecule has 3 aromatic heterocycles. The third-order valence-corrected chi connectivity index (χ3v) is 7.88. The molecule has 0 bridgehead atoms. The monoisotopic (exact) mass is 557 g/mol. The van der Waals surface area contributed by atoms with Crippen molar-refractivity contribution in [3.8, 4) is 16.8 Å². The van der Waals surface area contributed by atoms with Crippen LogP contribution in [-0.4, -0.2) is 88.4 Å². The van der Waals surface area contributed by atoms with Gasteiger partial charge in [-0.15, -0.1) is 0 Å². The van der Waals surface area contributed by atoms with E-state index in [-0.39, 0.29) is 11.6 Å². The number of benzene rings is 1. The topological polar surface area (TPSA) is 119 Å². The van der Waals surface area contributed by atoms with Gasteiger partial charge < -0.3 is 24.4 Å². The number of nitrogens with zero attached hydrogens (tertiary/aromatic N) is 7. The summed E-state index contributed by atoms with van der Waals surface area (Å²) in [6, 6.07) is 10.0. The minimum absolute atomic E-state index is 0.0586. The van der Waals surface area contributed by atoms with E-state index in [1.807, 2.05) is 19.2 Å². The normalized spacial score (nSPS) is 16.4. The van der Waals surface area contributed by atoms with Crippen molar-refractivity contribution < 1.29 is 19.4 Å². The SMILES string of the molecule is CC(C)c1nn(-c2cccc(N3CCOCC3)c2)c2nc(C(=O)O)cc(-c3cnc(N(C)C4CCOCC4)nc3)c12. The summed E-state index contributed by atoms with van der Waals surface area (Å²) in [4.78, 5) is 30.6. The van der Waals surface area contributed by atoms with Gasteiger partial charge in [0.05, 0.1) is 30.0 Å².